The van der Waals surface area contributed by atoms with E-state index in [4.69, 9.17) is 0 Å². The van der Waals surface area contributed by atoms with Crippen molar-refractivity contribution in [3.8, 4) is 0 Å². The molecule has 1 fully saturated rings. The number of carbonyl (C=O) groups is 1. The summed E-state index contributed by atoms with van der Waals surface area (Å²) in [4.78, 5) is 22.1. The average molecular weight is 285 g/mol. The Morgan fingerprint density at radius 2 is 2.11 bits per heavy atom. The maximum absolute atomic E-state index is 13.1. The second-order valence-corrected chi connectivity index (χ2v) is 6.09. The van der Waals surface area contributed by atoms with Gasteiger partial charge < -0.3 is 4.90 Å². The van der Waals surface area contributed by atoms with Crippen molar-refractivity contribution in [1.82, 2.24) is 14.9 Å². The van der Waals surface area contributed by atoms with Gasteiger partial charge in [0.15, 0.2) is 5.16 Å². The van der Waals surface area contributed by atoms with E-state index in [1.165, 1.54) is 22.9 Å². The van der Waals surface area contributed by atoms with Crippen LogP contribution in [0.25, 0.3) is 0 Å². The fourth-order valence-electron chi connectivity index (χ4n) is 2.85. The Morgan fingerprint density at radius 1 is 1.42 bits per heavy atom. The van der Waals surface area contributed by atoms with Crippen LogP contribution in [0.2, 0.25) is 0 Å². The normalized spacial score (nSPS) is 23.2. The molecule has 1 aliphatic heterocycles. The molecular weight excluding hydrogens is 272 g/mol. The van der Waals surface area contributed by atoms with E-state index in [1.54, 1.807) is 6.92 Å². The third-order valence-corrected chi connectivity index (χ3v) is 4.30. The number of alkyl halides is 2. The van der Waals surface area contributed by atoms with Crippen molar-refractivity contribution in [2.24, 2.45) is 0 Å². The molecule has 0 atom stereocenters. The first-order valence-electron chi connectivity index (χ1n) is 5.94. The van der Waals surface area contributed by atoms with Gasteiger partial charge >= 0.3 is 0 Å². The van der Waals surface area contributed by atoms with E-state index in [0.717, 1.165) is 0 Å². The molecule has 1 aliphatic carbocycles. The molecule has 2 heterocycles. The summed E-state index contributed by atoms with van der Waals surface area (Å²) in [5, 5.41) is 0.595. The van der Waals surface area contributed by atoms with Gasteiger partial charge in [-0.05, 0) is 13.2 Å². The average Bonchev–Trinajstić information content (AvgIpc) is 2.64. The van der Waals surface area contributed by atoms with Crippen LogP contribution in [0.4, 0.5) is 8.78 Å². The van der Waals surface area contributed by atoms with Gasteiger partial charge in [-0.25, -0.2) is 18.7 Å². The highest BCUT2D eigenvalue weighted by molar-refractivity contribution is 7.98. The molecule has 2 aliphatic rings. The number of rotatable bonds is 2. The molecule has 0 radical (unpaired) electrons. The van der Waals surface area contributed by atoms with Gasteiger partial charge in [-0.2, -0.15) is 0 Å². The molecule has 102 valence electrons. The Hall–Kier alpha value is -1.24. The van der Waals surface area contributed by atoms with Gasteiger partial charge in [-0.15, -0.1) is 0 Å². The van der Waals surface area contributed by atoms with Gasteiger partial charge in [-0.1, -0.05) is 11.8 Å². The predicted octanol–water partition coefficient (Wildman–Crippen LogP) is 2.34. The molecule has 1 aromatic rings. The summed E-state index contributed by atoms with van der Waals surface area (Å²) >= 11 is 1.39. The zero-order valence-electron chi connectivity index (χ0n) is 10.6. The highest BCUT2D eigenvalue weighted by atomic mass is 32.2. The molecule has 0 unspecified atom stereocenters. The number of thioether (sulfide) groups is 1. The first-order valence-corrected chi connectivity index (χ1v) is 7.17. The molecule has 0 N–H and O–H groups in total. The van der Waals surface area contributed by atoms with Crippen molar-refractivity contribution in [2.45, 2.75) is 42.9 Å². The summed E-state index contributed by atoms with van der Waals surface area (Å²) in [7, 11) is 0. The van der Waals surface area contributed by atoms with E-state index in [-0.39, 0.29) is 18.7 Å². The Bertz CT molecular complexity index is 556. The number of amides is 1. The second-order valence-electron chi connectivity index (χ2n) is 5.31. The largest absolute Gasteiger partial charge is 0.327 e. The number of nitrogens with zero attached hydrogens (tertiary/aromatic N) is 3. The van der Waals surface area contributed by atoms with Gasteiger partial charge in [0, 0.05) is 19.0 Å². The number of aromatic nitrogens is 2. The van der Waals surface area contributed by atoms with Crippen molar-refractivity contribution >= 4 is 17.7 Å². The van der Waals surface area contributed by atoms with Crippen LogP contribution in [0.5, 0.6) is 0 Å². The topological polar surface area (TPSA) is 46.1 Å². The molecule has 0 saturated heterocycles. The zero-order chi connectivity index (χ0) is 13.8. The minimum absolute atomic E-state index is 0.236. The standard InChI is InChI=1S/C12H13F2N3OS/c1-11(5-12(13,14)6-11)17-4-8-7(9(17)18)3-15-10(16-8)19-2/h3H,4-6H2,1-2H3. The SMILES string of the molecule is CSc1ncc2c(n1)CN(C1(C)CC(F)(F)C1)C2=O. The van der Waals surface area contributed by atoms with Crippen LogP contribution < -0.4 is 0 Å². The lowest BCUT2D eigenvalue weighted by Gasteiger charge is -2.50. The minimum atomic E-state index is -2.65. The van der Waals surface area contributed by atoms with Crippen molar-refractivity contribution in [2.75, 3.05) is 6.26 Å². The Balaban J connectivity index is 1.88. The van der Waals surface area contributed by atoms with Crippen molar-refractivity contribution in [3.05, 3.63) is 17.5 Å². The van der Waals surface area contributed by atoms with E-state index < -0.39 is 11.5 Å². The second kappa shape index (κ2) is 3.88. The monoisotopic (exact) mass is 285 g/mol. The number of hydrogen-bond acceptors (Lipinski definition) is 4. The molecule has 4 nitrogen and oxygen atoms in total. The Morgan fingerprint density at radius 3 is 2.68 bits per heavy atom. The lowest BCUT2D eigenvalue weighted by atomic mass is 9.73. The van der Waals surface area contributed by atoms with E-state index in [2.05, 4.69) is 9.97 Å². The fraction of sp³-hybridized carbons (Fsp3) is 0.583. The molecule has 1 aromatic heterocycles. The van der Waals surface area contributed by atoms with Crippen molar-refractivity contribution in [3.63, 3.8) is 0 Å². The van der Waals surface area contributed by atoms with Crippen LogP contribution in [-0.4, -0.2) is 38.5 Å². The van der Waals surface area contributed by atoms with Crippen LogP contribution in [0.3, 0.4) is 0 Å². The fourth-order valence-corrected chi connectivity index (χ4v) is 3.21. The lowest BCUT2D eigenvalue weighted by Crippen LogP contribution is -2.60. The number of fused-ring (bicyclic) bond motifs is 1. The van der Waals surface area contributed by atoms with Crippen LogP contribution in [0.15, 0.2) is 11.4 Å². The highest BCUT2D eigenvalue weighted by Gasteiger charge is 2.59. The number of hydrogen-bond donors (Lipinski definition) is 0. The molecule has 0 bridgehead atoms. The molecular formula is C12H13F2N3OS. The summed E-state index contributed by atoms with van der Waals surface area (Å²) in [5.74, 6) is -2.89. The van der Waals surface area contributed by atoms with Gasteiger partial charge in [0.25, 0.3) is 11.8 Å². The lowest BCUT2D eigenvalue weighted by molar-refractivity contribution is -0.158. The molecule has 19 heavy (non-hydrogen) atoms. The van der Waals surface area contributed by atoms with Gasteiger partial charge in [-0.3, -0.25) is 4.79 Å². The minimum Gasteiger partial charge on any atom is -0.327 e. The quantitative estimate of drug-likeness (QED) is 0.618. The predicted molar refractivity (Wildman–Crippen MR) is 66.3 cm³/mol. The number of carbonyl (C=O) groups excluding carboxylic acids is 1. The van der Waals surface area contributed by atoms with E-state index in [9.17, 15) is 13.6 Å². The highest BCUT2D eigenvalue weighted by Crippen LogP contribution is 2.50. The van der Waals surface area contributed by atoms with Crippen molar-refractivity contribution < 1.29 is 13.6 Å². The third kappa shape index (κ3) is 1.91. The summed E-state index contributed by atoms with van der Waals surface area (Å²) in [6.07, 6.45) is 2.80. The Kier molecular flexibility index (Phi) is 2.61. The van der Waals surface area contributed by atoms with E-state index in [1.807, 2.05) is 6.26 Å². The van der Waals surface area contributed by atoms with Gasteiger partial charge in [0.1, 0.15) is 0 Å². The summed E-state index contributed by atoms with van der Waals surface area (Å²) in [5.41, 5.74) is 0.316. The maximum atomic E-state index is 13.1. The smallest absolute Gasteiger partial charge is 0.258 e. The third-order valence-electron chi connectivity index (χ3n) is 3.74. The zero-order valence-corrected chi connectivity index (χ0v) is 11.4. The molecule has 1 amide bonds. The number of halogens is 2. The van der Waals surface area contributed by atoms with E-state index in [0.29, 0.717) is 23.0 Å². The van der Waals surface area contributed by atoms with Crippen LogP contribution in [0, 0.1) is 0 Å². The van der Waals surface area contributed by atoms with Crippen LogP contribution >= 0.6 is 11.8 Å². The summed E-state index contributed by atoms with van der Waals surface area (Å²) in [6.45, 7) is 2.01. The van der Waals surface area contributed by atoms with Crippen molar-refractivity contribution in [1.29, 1.82) is 0 Å². The first kappa shape index (κ1) is 12.8. The molecule has 0 aromatic carbocycles. The molecule has 7 heteroatoms. The maximum Gasteiger partial charge on any atom is 0.258 e. The van der Waals surface area contributed by atoms with Crippen LogP contribution in [0.1, 0.15) is 35.8 Å². The van der Waals surface area contributed by atoms with Gasteiger partial charge in [0.05, 0.1) is 23.3 Å². The summed E-state index contributed by atoms with van der Waals surface area (Å²) in [6, 6.07) is 0. The first-order chi connectivity index (χ1) is 8.85. The van der Waals surface area contributed by atoms with E-state index >= 15 is 0 Å². The summed E-state index contributed by atoms with van der Waals surface area (Å²) < 4.78 is 26.2. The Labute approximate surface area is 113 Å². The molecule has 1 saturated carbocycles. The molecule has 0 spiro atoms. The van der Waals surface area contributed by atoms with Crippen LogP contribution in [-0.2, 0) is 6.54 Å². The van der Waals surface area contributed by atoms with Gasteiger partial charge in [0.2, 0.25) is 0 Å². The molecule has 3 rings (SSSR count).